The number of amidine groups is 1. The average molecular weight is 280 g/mol. The summed E-state index contributed by atoms with van der Waals surface area (Å²) in [5.74, 6) is 0.989. The van der Waals surface area contributed by atoms with Crippen LogP contribution in [0.2, 0.25) is 0 Å². The second kappa shape index (κ2) is 6.29. The Labute approximate surface area is 116 Å². The topological polar surface area (TPSA) is 41.5 Å². The lowest BCUT2D eigenvalue weighted by Crippen LogP contribution is -2.33. The second-order valence-electron chi connectivity index (χ2n) is 4.10. The normalized spacial score (nSPS) is 16.2. The molecule has 1 aromatic rings. The van der Waals surface area contributed by atoms with Gasteiger partial charge in [0, 0.05) is 10.6 Å². The summed E-state index contributed by atoms with van der Waals surface area (Å²) in [4.78, 5) is 17.3. The van der Waals surface area contributed by atoms with Gasteiger partial charge in [-0.05, 0) is 26.0 Å². The van der Waals surface area contributed by atoms with Crippen LogP contribution in [0, 0.1) is 6.92 Å². The first-order valence-corrected chi connectivity index (χ1v) is 7.73. The highest BCUT2D eigenvalue weighted by Gasteiger charge is 2.17. The molecular formula is C13H16N2OS2. The summed E-state index contributed by atoms with van der Waals surface area (Å²) in [5.41, 5.74) is 1.23. The molecule has 1 N–H and O–H groups in total. The fraction of sp³-hybridized carbons (Fsp3) is 0.385. The first-order chi connectivity index (χ1) is 8.65. The Morgan fingerprint density at radius 2 is 2.17 bits per heavy atom. The molecule has 2 rings (SSSR count). The maximum absolute atomic E-state index is 11.9. The van der Waals surface area contributed by atoms with Crippen molar-refractivity contribution >= 4 is 34.6 Å². The zero-order valence-electron chi connectivity index (χ0n) is 10.5. The Hall–Kier alpha value is -0.940. The number of carbonyl (C=O) groups excluding carboxylic acids is 1. The number of carbonyl (C=O) groups is 1. The molecule has 1 heterocycles. The highest BCUT2D eigenvalue weighted by atomic mass is 32.2. The maximum Gasteiger partial charge on any atom is 0.239 e. The van der Waals surface area contributed by atoms with Crippen molar-refractivity contribution < 1.29 is 4.79 Å². The number of aliphatic imine (C=N–C) groups is 1. The van der Waals surface area contributed by atoms with E-state index < -0.39 is 0 Å². The van der Waals surface area contributed by atoms with Gasteiger partial charge in [-0.3, -0.25) is 9.79 Å². The first kappa shape index (κ1) is 13.5. The number of aryl methyl sites for hydroxylation is 1. The minimum atomic E-state index is -0.114. The molecule has 1 aromatic carbocycles. The van der Waals surface area contributed by atoms with E-state index in [-0.39, 0.29) is 11.2 Å². The summed E-state index contributed by atoms with van der Waals surface area (Å²) in [6.45, 7) is 4.78. The molecule has 1 atom stereocenters. The Morgan fingerprint density at radius 1 is 1.44 bits per heavy atom. The Morgan fingerprint density at radius 3 is 2.78 bits per heavy atom. The smallest absolute Gasteiger partial charge is 0.239 e. The van der Waals surface area contributed by atoms with Crippen LogP contribution in [0.25, 0.3) is 0 Å². The van der Waals surface area contributed by atoms with E-state index in [1.165, 1.54) is 5.56 Å². The summed E-state index contributed by atoms with van der Waals surface area (Å²) in [7, 11) is 0. The SMILES string of the molecule is Cc1ccc(SC(C)C(=O)NC2=NCCS2)cc1. The van der Waals surface area contributed by atoms with Crippen molar-refractivity contribution in [2.45, 2.75) is 24.0 Å². The first-order valence-electron chi connectivity index (χ1n) is 5.86. The minimum absolute atomic E-state index is 0.0220. The number of hydrogen-bond acceptors (Lipinski definition) is 4. The Bertz CT molecular complexity index is 457. The number of benzene rings is 1. The lowest BCUT2D eigenvalue weighted by molar-refractivity contribution is -0.118. The molecule has 0 saturated heterocycles. The zero-order chi connectivity index (χ0) is 13.0. The number of nitrogens with one attached hydrogen (secondary N) is 1. The van der Waals surface area contributed by atoms with Crippen molar-refractivity contribution in [1.29, 1.82) is 0 Å². The molecule has 5 heteroatoms. The van der Waals surface area contributed by atoms with Crippen molar-refractivity contribution in [3.63, 3.8) is 0 Å². The van der Waals surface area contributed by atoms with Gasteiger partial charge >= 0.3 is 0 Å². The molecule has 0 aliphatic carbocycles. The predicted molar refractivity (Wildman–Crippen MR) is 79.4 cm³/mol. The standard InChI is InChI=1S/C13H16N2OS2/c1-9-3-5-11(6-4-9)18-10(2)12(16)15-13-14-7-8-17-13/h3-6,10H,7-8H2,1-2H3,(H,14,15,16). The van der Waals surface area contributed by atoms with Crippen molar-refractivity contribution in [2.75, 3.05) is 12.3 Å². The molecule has 0 fully saturated rings. The largest absolute Gasteiger partial charge is 0.304 e. The summed E-state index contributed by atoms with van der Waals surface area (Å²) < 4.78 is 0. The van der Waals surface area contributed by atoms with Crippen LogP contribution in [0.15, 0.2) is 34.2 Å². The number of amides is 1. The number of nitrogens with zero attached hydrogens (tertiary/aromatic N) is 1. The predicted octanol–water partition coefficient (Wildman–Crippen LogP) is 2.69. The number of thioether (sulfide) groups is 2. The van der Waals surface area contributed by atoms with Crippen LogP contribution in [0.4, 0.5) is 0 Å². The van der Waals surface area contributed by atoms with Gasteiger partial charge in [-0.1, -0.05) is 29.5 Å². The van der Waals surface area contributed by atoms with Crippen LogP contribution >= 0.6 is 23.5 Å². The monoisotopic (exact) mass is 280 g/mol. The van der Waals surface area contributed by atoms with Gasteiger partial charge in [0.2, 0.25) is 5.91 Å². The second-order valence-corrected chi connectivity index (χ2v) is 6.60. The van der Waals surface area contributed by atoms with Crippen LogP contribution < -0.4 is 5.32 Å². The van der Waals surface area contributed by atoms with Gasteiger partial charge in [0.25, 0.3) is 0 Å². The number of hydrogen-bond donors (Lipinski definition) is 1. The minimum Gasteiger partial charge on any atom is -0.304 e. The molecule has 0 radical (unpaired) electrons. The molecule has 0 spiro atoms. The van der Waals surface area contributed by atoms with Gasteiger partial charge in [0.05, 0.1) is 11.8 Å². The molecule has 1 unspecified atom stereocenters. The van der Waals surface area contributed by atoms with E-state index in [0.717, 1.165) is 22.4 Å². The van der Waals surface area contributed by atoms with E-state index in [1.54, 1.807) is 23.5 Å². The van der Waals surface area contributed by atoms with E-state index in [2.05, 4.69) is 29.4 Å². The fourth-order valence-corrected chi connectivity index (χ4v) is 3.09. The summed E-state index contributed by atoms with van der Waals surface area (Å²) in [6, 6.07) is 8.21. The third kappa shape index (κ3) is 3.78. The van der Waals surface area contributed by atoms with E-state index in [9.17, 15) is 4.79 Å². The molecule has 1 amide bonds. The number of rotatable bonds is 3. The fourth-order valence-electron chi connectivity index (χ4n) is 1.49. The molecule has 18 heavy (non-hydrogen) atoms. The summed E-state index contributed by atoms with van der Waals surface area (Å²) in [5, 5.41) is 3.51. The van der Waals surface area contributed by atoms with Gasteiger partial charge in [0.1, 0.15) is 0 Å². The lowest BCUT2D eigenvalue weighted by Gasteiger charge is -2.11. The van der Waals surface area contributed by atoms with E-state index in [1.807, 2.05) is 19.1 Å². The molecule has 0 bridgehead atoms. The van der Waals surface area contributed by atoms with Crippen molar-refractivity contribution in [2.24, 2.45) is 4.99 Å². The van der Waals surface area contributed by atoms with E-state index in [4.69, 9.17) is 0 Å². The lowest BCUT2D eigenvalue weighted by atomic mass is 10.2. The third-order valence-electron chi connectivity index (χ3n) is 2.52. The van der Waals surface area contributed by atoms with E-state index in [0.29, 0.717) is 0 Å². The molecule has 96 valence electrons. The average Bonchev–Trinajstić information content (AvgIpc) is 2.85. The zero-order valence-corrected chi connectivity index (χ0v) is 12.1. The third-order valence-corrected chi connectivity index (χ3v) is 4.52. The van der Waals surface area contributed by atoms with Crippen LogP contribution in [-0.4, -0.2) is 28.6 Å². The van der Waals surface area contributed by atoms with Gasteiger partial charge in [-0.2, -0.15) is 0 Å². The van der Waals surface area contributed by atoms with Gasteiger partial charge in [0.15, 0.2) is 5.17 Å². The van der Waals surface area contributed by atoms with Crippen LogP contribution in [-0.2, 0) is 4.79 Å². The van der Waals surface area contributed by atoms with Crippen molar-refractivity contribution in [3.05, 3.63) is 29.8 Å². The molecule has 0 aromatic heterocycles. The molecule has 1 aliphatic rings. The molecular weight excluding hydrogens is 264 g/mol. The van der Waals surface area contributed by atoms with Crippen LogP contribution in [0.5, 0.6) is 0 Å². The highest BCUT2D eigenvalue weighted by molar-refractivity contribution is 8.14. The Balaban J connectivity index is 1.88. The van der Waals surface area contributed by atoms with Gasteiger partial charge in [-0.15, -0.1) is 11.8 Å². The van der Waals surface area contributed by atoms with Gasteiger partial charge in [-0.25, -0.2) is 0 Å². The molecule has 3 nitrogen and oxygen atoms in total. The maximum atomic E-state index is 11.9. The van der Waals surface area contributed by atoms with Crippen molar-refractivity contribution in [1.82, 2.24) is 5.32 Å². The quantitative estimate of drug-likeness (QED) is 0.866. The molecule has 1 aliphatic heterocycles. The molecule has 0 saturated carbocycles. The summed E-state index contributed by atoms with van der Waals surface area (Å²) >= 11 is 3.17. The summed E-state index contributed by atoms with van der Waals surface area (Å²) in [6.07, 6.45) is 0. The van der Waals surface area contributed by atoms with Crippen molar-refractivity contribution in [3.8, 4) is 0 Å². The van der Waals surface area contributed by atoms with Gasteiger partial charge < -0.3 is 5.32 Å². The van der Waals surface area contributed by atoms with E-state index >= 15 is 0 Å². The van der Waals surface area contributed by atoms with Crippen LogP contribution in [0.3, 0.4) is 0 Å². The Kier molecular flexibility index (Phi) is 4.72. The highest BCUT2D eigenvalue weighted by Crippen LogP contribution is 2.23. The van der Waals surface area contributed by atoms with Crippen LogP contribution in [0.1, 0.15) is 12.5 Å².